The summed E-state index contributed by atoms with van der Waals surface area (Å²) in [4.78, 5) is 29.3. The number of hydrogen-bond acceptors (Lipinski definition) is 5. The van der Waals surface area contributed by atoms with E-state index in [9.17, 15) is 14.0 Å². The number of imidazole rings is 1. The Balaban J connectivity index is 1.79. The fraction of sp³-hybridized carbons (Fsp3) is 0.389. The molecule has 148 valence electrons. The highest BCUT2D eigenvalue weighted by Gasteiger charge is 2.31. The maximum atomic E-state index is 13.9. The van der Waals surface area contributed by atoms with Crippen LogP contribution in [-0.2, 0) is 11.3 Å². The fourth-order valence-corrected chi connectivity index (χ4v) is 3.79. The Morgan fingerprint density at radius 2 is 2.04 bits per heavy atom. The number of amides is 2. The van der Waals surface area contributed by atoms with Crippen LogP contribution in [0.2, 0.25) is 0 Å². The summed E-state index contributed by atoms with van der Waals surface area (Å²) in [7, 11) is 0. The summed E-state index contributed by atoms with van der Waals surface area (Å²) in [6, 6.07) is 2.71. The highest BCUT2D eigenvalue weighted by atomic mass is 79.9. The van der Waals surface area contributed by atoms with Gasteiger partial charge in [-0.1, -0.05) is 0 Å². The van der Waals surface area contributed by atoms with Gasteiger partial charge in [-0.05, 0) is 34.8 Å². The molecule has 10 heteroatoms. The summed E-state index contributed by atoms with van der Waals surface area (Å²) in [6.45, 7) is 1.59. The molecule has 0 radical (unpaired) electrons. The van der Waals surface area contributed by atoms with E-state index in [0.29, 0.717) is 37.4 Å². The van der Waals surface area contributed by atoms with E-state index in [1.807, 2.05) is 0 Å². The van der Waals surface area contributed by atoms with Crippen molar-refractivity contribution in [2.75, 3.05) is 19.8 Å². The molecule has 0 aliphatic carbocycles. The van der Waals surface area contributed by atoms with E-state index in [4.69, 9.17) is 15.2 Å². The van der Waals surface area contributed by atoms with Crippen molar-refractivity contribution in [1.29, 1.82) is 0 Å². The predicted molar refractivity (Wildman–Crippen MR) is 101 cm³/mol. The summed E-state index contributed by atoms with van der Waals surface area (Å²) in [5.41, 5.74) is 5.94. The third-order valence-electron chi connectivity index (χ3n) is 4.81. The number of nitrogens with one attached hydrogen (secondary N) is 1. The smallest absolute Gasteiger partial charge is 0.270 e. The van der Waals surface area contributed by atoms with Crippen molar-refractivity contribution in [1.82, 2.24) is 14.9 Å². The summed E-state index contributed by atoms with van der Waals surface area (Å²) < 4.78 is 26.7. The number of nitrogens with zero attached hydrogens (tertiary/aromatic N) is 2. The zero-order chi connectivity index (χ0) is 19.8. The molecule has 4 rings (SSSR count). The van der Waals surface area contributed by atoms with Crippen LogP contribution < -0.4 is 15.8 Å². The number of hydrogen-bond donors (Lipinski definition) is 2. The number of carbonyl (C=O) groups is 2. The summed E-state index contributed by atoms with van der Waals surface area (Å²) >= 11 is 3.15. The van der Waals surface area contributed by atoms with E-state index >= 15 is 0 Å². The van der Waals surface area contributed by atoms with Crippen molar-refractivity contribution in [3.05, 3.63) is 33.8 Å². The van der Waals surface area contributed by atoms with Gasteiger partial charge in [0.25, 0.3) is 11.8 Å². The first-order chi connectivity index (χ1) is 13.5. The lowest BCUT2D eigenvalue weighted by molar-refractivity contribution is 0.0689. The van der Waals surface area contributed by atoms with Crippen molar-refractivity contribution >= 4 is 27.7 Å². The van der Waals surface area contributed by atoms with Gasteiger partial charge in [0.05, 0.1) is 16.6 Å². The molecule has 2 amide bonds. The minimum Gasteiger partial charge on any atom is -0.491 e. The normalized spacial score (nSPS) is 16.5. The van der Waals surface area contributed by atoms with Gasteiger partial charge >= 0.3 is 0 Å². The molecule has 3 N–H and O–H groups in total. The van der Waals surface area contributed by atoms with Crippen LogP contribution in [-0.4, -0.2) is 47.2 Å². The van der Waals surface area contributed by atoms with E-state index in [1.54, 1.807) is 4.57 Å². The summed E-state index contributed by atoms with van der Waals surface area (Å²) in [5, 5.41) is 2.93. The van der Waals surface area contributed by atoms with Gasteiger partial charge in [0.1, 0.15) is 29.7 Å². The van der Waals surface area contributed by atoms with E-state index in [1.165, 1.54) is 12.1 Å². The molecule has 8 nitrogen and oxygen atoms in total. The molecule has 0 spiro atoms. The van der Waals surface area contributed by atoms with E-state index in [0.717, 1.165) is 0 Å². The van der Waals surface area contributed by atoms with Gasteiger partial charge < -0.3 is 25.1 Å². The van der Waals surface area contributed by atoms with Gasteiger partial charge in [-0.3, -0.25) is 9.59 Å². The van der Waals surface area contributed by atoms with E-state index in [2.05, 4.69) is 26.2 Å². The monoisotopic (exact) mass is 452 g/mol. The Bertz CT molecular complexity index is 956. The Labute approximate surface area is 168 Å². The quantitative estimate of drug-likeness (QED) is 0.738. The third-order valence-corrected chi connectivity index (χ3v) is 5.42. The van der Waals surface area contributed by atoms with Crippen molar-refractivity contribution < 1.29 is 23.5 Å². The number of rotatable bonds is 3. The lowest BCUT2D eigenvalue weighted by Crippen LogP contribution is -2.40. The first-order valence-corrected chi connectivity index (χ1v) is 9.66. The zero-order valence-electron chi connectivity index (χ0n) is 14.8. The average Bonchev–Trinajstić information content (AvgIpc) is 2.97. The molecule has 2 aliphatic rings. The maximum Gasteiger partial charge on any atom is 0.270 e. The molecule has 1 fully saturated rings. The predicted octanol–water partition coefficient (Wildman–Crippen LogP) is 1.85. The van der Waals surface area contributed by atoms with Gasteiger partial charge in [-0.2, -0.15) is 0 Å². The Kier molecular flexibility index (Phi) is 5.07. The number of nitrogens with two attached hydrogens (primary N) is 1. The second-order valence-corrected chi connectivity index (χ2v) is 7.47. The van der Waals surface area contributed by atoms with Gasteiger partial charge in [-0.15, -0.1) is 0 Å². The van der Waals surface area contributed by atoms with Crippen LogP contribution in [0.1, 0.15) is 33.8 Å². The maximum absolute atomic E-state index is 13.9. The zero-order valence-corrected chi connectivity index (χ0v) is 16.4. The standard InChI is InChI=1S/C18H18BrFN4O4/c19-11-7-10-13(8-12(11)20)28-6-3-24-15(14(16(21)25)23-17(10)24)18(26)22-9-1-4-27-5-2-9/h7-9H,1-6H2,(H2,21,25)(H,22,26). The van der Waals surface area contributed by atoms with Crippen LogP contribution >= 0.6 is 15.9 Å². The van der Waals surface area contributed by atoms with Gasteiger partial charge in [0.15, 0.2) is 5.69 Å². The summed E-state index contributed by atoms with van der Waals surface area (Å²) in [5.74, 6) is -1.09. The number of benzene rings is 1. The minimum atomic E-state index is -0.804. The van der Waals surface area contributed by atoms with E-state index < -0.39 is 17.6 Å². The molecule has 1 aromatic heterocycles. The van der Waals surface area contributed by atoms with Crippen LogP contribution in [0.15, 0.2) is 16.6 Å². The molecule has 3 heterocycles. The molecule has 1 saturated heterocycles. The number of primary amides is 1. The molecule has 1 aromatic carbocycles. The minimum absolute atomic E-state index is 0.0503. The molecule has 2 aliphatic heterocycles. The van der Waals surface area contributed by atoms with Crippen molar-refractivity contribution in [2.45, 2.75) is 25.4 Å². The van der Waals surface area contributed by atoms with Gasteiger partial charge in [-0.25, -0.2) is 9.37 Å². The molecule has 0 saturated carbocycles. The van der Waals surface area contributed by atoms with E-state index in [-0.39, 0.29) is 40.8 Å². The fourth-order valence-electron chi connectivity index (χ4n) is 3.44. The molecular formula is C18H18BrFN4O4. The topological polar surface area (TPSA) is 108 Å². The van der Waals surface area contributed by atoms with Crippen LogP contribution in [0.25, 0.3) is 11.4 Å². The molecule has 2 aromatic rings. The molecular weight excluding hydrogens is 435 g/mol. The number of halogens is 2. The highest BCUT2D eigenvalue weighted by molar-refractivity contribution is 9.10. The Morgan fingerprint density at radius 3 is 2.75 bits per heavy atom. The summed E-state index contributed by atoms with van der Waals surface area (Å²) in [6.07, 6.45) is 1.38. The number of aromatic nitrogens is 2. The van der Waals surface area contributed by atoms with Crippen LogP contribution in [0.4, 0.5) is 4.39 Å². The second-order valence-electron chi connectivity index (χ2n) is 6.62. The molecule has 28 heavy (non-hydrogen) atoms. The Morgan fingerprint density at radius 1 is 1.29 bits per heavy atom. The van der Waals surface area contributed by atoms with Crippen LogP contribution in [0.5, 0.6) is 5.75 Å². The van der Waals surface area contributed by atoms with Gasteiger partial charge in [0, 0.05) is 25.3 Å². The lowest BCUT2D eigenvalue weighted by atomic mass is 10.1. The number of carbonyl (C=O) groups excluding carboxylic acids is 2. The number of ether oxygens (including phenoxy) is 2. The van der Waals surface area contributed by atoms with Crippen molar-refractivity contribution in [3.63, 3.8) is 0 Å². The molecule has 0 atom stereocenters. The first kappa shape index (κ1) is 18.9. The first-order valence-electron chi connectivity index (χ1n) is 8.87. The second kappa shape index (κ2) is 7.51. The van der Waals surface area contributed by atoms with Crippen molar-refractivity contribution in [3.8, 4) is 17.1 Å². The third kappa shape index (κ3) is 3.37. The highest BCUT2D eigenvalue weighted by Crippen LogP contribution is 2.37. The Hall–Kier alpha value is -2.46. The SMILES string of the molecule is NC(=O)c1nc2n(c1C(=O)NC1CCOCC1)CCOc1cc(F)c(Br)cc1-2. The lowest BCUT2D eigenvalue weighted by Gasteiger charge is -2.23. The largest absolute Gasteiger partial charge is 0.491 e. The average molecular weight is 453 g/mol. The van der Waals surface area contributed by atoms with Crippen LogP contribution in [0, 0.1) is 5.82 Å². The number of fused-ring (bicyclic) bond motifs is 3. The molecule has 0 bridgehead atoms. The molecule has 0 unspecified atom stereocenters. The van der Waals surface area contributed by atoms with Crippen LogP contribution in [0.3, 0.4) is 0 Å². The van der Waals surface area contributed by atoms with Gasteiger partial charge in [0.2, 0.25) is 0 Å². The van der Waals surface area contributed by atoms with Crippen molar-refractivity contribution in [2.24, 2.45) is 5.73 Å².